The summed E-state index contributed by atoms with van der Waals surface area (Å²) in [5.41, 5.74) is 0. The lowest BCUT2D eigenvalue weighted by Gasteiger charge is -2.24. The highest BCUT2D eigenvalue weighted by Crippen LogP contribution is 2.28. The van der Waals surface area contributed by atoms with Crippen LogP contribution < -0.4 is 0 Å². The SMILES string of the molecule is O=C(O)CCC1(CC(=O)O)OCCO1. The Bertz CT molecular complexity index is 230. The third-order valence-corrected chi connectivity index (χ3v) is 1.95. The Labute approximate surface area is 80.4 Å². The van der Waals surface area contributed by atoms with Gasteiger partial charge in [0, 0.05) is 6.42 Å². The van der Waals surface area contributed by atoms with E-state index < -0.39 is 17.7 Å². The second kappa shape index (κ2) is 4.39. The molecule has 0 saturated carbocycles. The van der Waals surface area contributed by atoms with E-state index in [2.05, 4.69) is 0 Å². The minimum absolute atomic E-state index is 0.0641. The van der Waals surface area contributed by atoms with Crippen LogP contribution in [0, 0.1) is 0 Å². The van der Waals surface area contributed by atoms with E-state index in [9.17, 15) is 9.59 Å². The first kappa shape index (κ1) is 10.9. The molecule has 1 aliphatic rings. The van der Waals surface area contributed by atoms with E-state index in [4.69, 9.17) is 19.7 Å². The number of hydrogen-bond acceptors (Lipinski definition) is 4. The number of carbonyl (C=O) groups is 2. The highest BCUT2D eigenvalue weighted by molar-refractivity contribution is 5.69. The summed E-state index contributed by atoms with van der Waals surface area (Å²) in [5.74, 6) is -3.28. The van der Waals surface area contributed by atoms with Crippen LogP contribution in [-0.2, 0) is 19.1 Å². The molecule has 0 unspecified atom stereocenters. The second-order valence-corrected chi connectivity index (χ2v) is 3.07. The van der Waals surface area contributed by atoms with Gasteiger partial charge in [-0.2, -0.15) is 0 Å². The fourth-order valence-corrected chi connectivity index (χ4v) is 1.36. The summed E-state index contributed by atoms with van der Waals surface area (Å²) < 4.78 is 10.3. The van der Waals surface area contributed by atoms with Crippen LogP contribution in [0.1, 0.15) is 19.3 Å². The first-order valence-electron chi connectivity index (χ1n) is 4.26. The van der Waals surface area contributed by atoms with E-state index in [0.29, 0.717) is 13.2 Å². The highest BCUT2D eigenvalue weighted by Gasteiger charge is 2.39. The minimum atomic E-state index is -1.23. The monoisotopic (exact) mass is 204 g/mol. The van der Waals surface area contributed by atoms with Gasteiger partial charge in [0.25, 0.3) is 0 Å². The summed E-state index contributed by atoms with van der Waals surface area (Å²) in [5, 5.41) is 17.1. The average molecular weight is 204 g/mol. The van der Waals surface area contributed by atoms with Crippen LogP contribution in [0.3, 0.4) is 0 Å². The van der Waals surface area contributed by atoms with Crippen LogP contribution in [-0.4, -0.2) is 41.2 Å². The number of aliphatic carboxylic acids is 2. The maximum absolute atomic E-state index is 10.5. The van der Waals surface area contributed by atoms with Gasteiger partial charge in [-0.25, -0.2) is 0 Å². The fraction of sp³-hybridized carbons (Fsp3) is 0.750. The number of carboxylic acid groups (broad SMARTS) is 2. The fourth-order valence-electron chi connectivity index (χ4n) is 1.36. The van der Waals surface area contributed by atoms with E-state index in [1.54, 1.807) is 0 Å². The molecule has 1 fully saturated rings. The zero-order chi connectivity index (χ0) is 10.6. The highest BCUT2D eigenvalue weighted by atomic mass is 16.7. The van der Waals surface area contributed by atoms with Crippen molar-refractivity contribution in [1.29, 1.82) is 0 Å². The third-order valence-electron chi connectivity index (χ3n) is 1.95. The van der Waals surface area contributed by atoms with Gasteiger partial charge in [0.2, 0.25) is 0 Å². The maximum Gasteiger partial charge on any atom is 0.308 e. The van der Waals surface area contributed by atoms with Gasteiger partial charge in [0.05, 0.1) is 26.1 Å². The van der Waals surface area contributed by atoms with Crippen molar-refractivity contribution in [1.82, 2.24) is 0 Å². The summed E-state index contributed by atoms with van der Waals surface area (Å²) in [6, 6.07) is 0. The normalized spacial score (nSPS) is 19.4. The van der Waals surface area contributed by atoms with Gasteiger partial charge in [0.15, 0.2) is 5.79 Å². The Morgan fingerprint density at radius 2 is 1.71 bits per heavy atom. The molecule has 6 heteroatoms. The lowest BCUT2D eigenvalue weighted by molar-refractivity contribution is -0.184. The number of rotatable bonds is 5. The van der Waals surface area contributed by atoms with E-state index in [1.165, 1.54) is 0 Å². The third kappa shape index (κ3) is 2.97. The minimum Gasteiger partial charge on any atom is -0.481 e. The van der Waals surface area contributed by atoms with Gasteiger partial charge < -0.3 is 19.7 Å². The van der Waals surface area contributed by atoms with Crippen LogP contribution in [0.15, 0.2) is 0 Å². The van der Waals surface area contributed by atoms with E-state index in [1.807, 2.05) is 0 Å². The molecule has 0 radical (unpaired) electrons. The van der Waals surface area contributed by atoms with Crippen molar-refractivity contribution in [3.05, 3.63) is 0 Å². The van der Waals surface area contributed by atoms with Gasteiger partial charge in [-0.1, -0.05) is 0 Å². The topological polar surface area (TPSA) is 93.1 Å². The van der Waals surface area contributed by atoms with Crippen LogP contribution in [0.25, 0.3) is 0 Å². The van der Waals surface area contributed by atoms with E-state index in [0.717, 1.165) is 0 Å². The van der Waals surface area contributed by atoms with E-state index in [-0.39, 0.29) is 19.3 Å². The Morgan fingerprint density at radius 3 is 2.14 bits per heavy atom. The summed E-state index contributed by atoms with van der Waals surface area (Å²) in [7, 11) is 0. The molecular weight excluding hydrogens is 192 g/mol. The smallest absolute Gasteiger partial charge is 0.308 e. The molecule has 0 bridgehead atoms. The molecule has 1 saturated heterocycles. The molecule has 0 spiro atoms. The van der Waals surface area contributed by atoms with Crippen molar-refractivity contribution >= 4 is 11.9 Å². The molecule has 2 N–H and O–H groups in total. The van der Waals surface area contributed by atoms with Crippen molar-refractivity contribution in [2.24, 2.45) is 0 Å². The standard InChI is InChI=1S/C8H12O6/c9-6(10)1-2-8(5-7(11)12)13-3-4-14-8/h1-5H2,(H,9,10)(H,11,12). The van der Waals surface area contributed by atoms with Crippen molar-refractivity contribution < 1.29 is 29.3 Å². The maximum atomic E-state index is 10.5. The first-order chi connectivity index (χ1) is 6.54. The van der Waals surface area contributed by atoms with Gasteiger partial charge in [-0.05, 0) is 0 Å². The summed E-state index contributed by atoms with van der Waals surface area (Å²) in [6.07, 6.45) is -0.414. The largest absolute Gasteiger partial charge is 0.481 e. The Hall–Kier alpha value is -1.14. The predicted octanol–water partition coefficient (Wildman–Crippen LogP) is 0.0690. The number of ether oxygens (including phenoxy) is 2. The van der Waals surface area contributed by atoms with Crippen molar-refractivity contribution in [3.8, 4) is 0 Å². The van der Waals surface area contributed by atoms with Gasteiger partial charge in [-0.15, -0.1) is 0 Å². The molecule has 0 aromatic heterocycles. The second-order valence-electron chi connectivity index (χ2n) is 3.07. The molecule has 0 aromatic rings. The molecule has 0 aromatic carbocycles. The molecule has 0 atom stereocenters. The van der Waals surface area contributed by atoms with Crippen molar-refractivity contribution in [2.75, 3.05) is 13.2 Å². The molecule has 0 aliphatic carbocycles. The molecule has 1 aliphatic heterocycles. The summed E-state index contributed by atoms with van der Waals surface area (Å²) >= 11 is 0. The van der Waals surface area contributed by atoms with Gasteiger partial charge in [0.1, 0.15) is 0 Å². The number of hydrogen-bond donors (Lipinski definition) is 2. The Balaban J connectivity index is 2.52. The molecule has 80 valence electrons. The quantitative estimate of drug-likeness (QED) is 0.658. The van der Waals surface area contributed by atoms with Crippen LogP contribution in [0.5, 0.6) is 0 Å². The Morgan fingerprint density at radius 1 is 1.14 bits per heavy atom. The predicted molar refractivity (Wildman–Crippen MR) is 43.8 cm³/mol. The Kier molecular flexibility index (Phi) is 3.43. The lowest BCUT2D eigenvalue weighted by Crippen LogP contribution is -2.33. The zero-order valence-corrected chi connectivity index (χ0v) is 7.56. The van der Waals surface area contributed by atoms with Crippen LogP contribution in [0.4, 0.5) is 0 Å². The van der Waals surface area contributed by atoms with Gasteiger partial charge >= 0.3 is 11.9 Å². The molecule has 6 nitrogen and oxygen atoms in total. The van der Waals surface area contributed by atoms with Crippen molar-refractivity contribution in [2.45, 2.75) is 25.0 Å². The first-order valence-corrected chi connectivity index (χ1v) is 4.26. The molecule has 1 heterocycles. The molecule has 1 rings (SSSR count). The number of carboxylic acids is 2. The molecule has 0 amide bonds. The van der Waals surface area contributed by atoms with Gasteiger partial charge in [-0.3, -0.25) is 9.59 Å². The zero-order valence-electron chi connectivity index (χ0n) is 7.56. The average Bonchev–Trinajstić information content (AvgIpc) is 2.49. The summed E-state index contributed by atoms with van der Waals surface area (Å²) in [4.78, 5) is 20.8. The molecule has 14 heavy (non-hydrogen) atoms. The van der Waals surface area contributed by atoms with Crippen LogP contribution >= 0.6 is 0 Å². The molecular formula is C8H12O6. The summed E-state index contributed by atoms with van der Waals surface area (Å²) in [6.45, 7) is 0.625. The van der Waals surface area contributed by atoms with E-state index >= 15 is 0 Å². The van der Waals surface area contributed by atoms with Crippen LogP contribution in [0.2, 0.25) is 0 Å². The lowest BCUT2D eigenvalue weighted by atomic mass is 10.1. The van der Waals surface area contributed by atoms with Crippen molar-refractivity contribution in [3.63, 3.8) is 0 Å².